The van der Waals surface area contributed by atoms with Crippen molar-refractivity contribution in [2.75, 3.05) is 5.73 Å². The molecule has 27 heavy (non-hydrogen) atoms. The Hall–Kier alpha value is -3.61. The molecule has 0 aliphatic heterocycles. The molecule has 0 spiro atoms. The molecule has 3 aromatic rings. The molecule has 7 heteroatoms. The molecule has 0 fully saturated rings. The first-order chi connectivity index (χ1) is 12.7. The molecular formula is C20H20FN3O3. The van der Waals surface area contributed by atoms with E-state index in [1.54, 1.807) is 19.9 Å². The van der Waals surface area contributed by atoms with Crippen LogP contribution in [0.3, 0.4) is 0 Å². The summed E-state index contributed by atoms with van der Waals surface area (Å²) >= 11 is 0. The number of carbonyl (C=O) groups is 1. The number of phenolic OH excluding ortho intramolecular Hbond substituents is 1. The lowest BCUT2D eigenvalue weighted by atomic mass is 10.0. The maximum atomic E-state index is 13.3. The third kappa shape index (κ3) is 3.03. The topological polar surface area (TPSA) is 111 Å². The molecule has 5 N–H and O–H groups in total. The van der Waals surface area contributed by atoms with Gasteiger partial charge in [0.15, 0.2) is 0 Å². The van der Waals surface area contributed by atoms with Crippen LogP contribution in [0.4, 0.5) is 10.2 Å². The number of nitrogens with zero attached hydrogens (tertiary/aromatic N) is 1. The van der Waals surface area contributed by atoms with Crippen molar-refractivity contribution in [3.63, 3.8) is 0 Å². The Morgan fingerprint density at radius 2 is 1.78 bits per heavy atom. The van der Waals surface area contributed by atoms with Crippen molar-refractivity contribution >= 4 is 11.7 Å². The molecule has 0 unspecified atom stereocenters. The summed E-state index contributed by atoms with van der Waals surface area (Å²) in [5, 5.41) is 10.1. The number of nitrogens with two attached hydrogens (primary N) is 2. The number of phenols is 1. The molecule has 1 amide bonds. The van der Waals surface area contributed by atoms with Gasteiger partial charge in [0.25, 0.3) is 11.5 Å². The van der Waals surface area contributed by atoms with Crippen molar-refractivity contribution in [2.24, 2.45) is 5.73 Å². The minimum absolute atomic E-state index is 0. The smallest absolute Gasteiger partial charge is 0.264 e. The van der Waals surface area contributed by atoms with E-state index in [1.807, 2.05) is 0 Å². The van der Waals surface area contributed by atoms with Crippen LogP contribution in [0.15, 0.2) is 47.3 Å². The standard InChI is InChI=1S/C20H18FN3O3.H2/c1-10-3-8-16(25)11(2)17(10)24-18(22)15(19(23)26)9-14(20(24)27)12-4-6-13(21)7-5-12;/h3-9,25H,22H2,1-2H3,(H2,23,26);1H. The van der Waals surface area contributed by atoms with Gasteiger partial charge in [0.05, 0.1) is 11.3 Å². The minimum Gasteiger partial charge on any atom is -0.508 e. The lowest BCUT2D eigenvalue weighted by molar-refractivity contribution is 0.100. The SMILES string of the molecule is Cc1ccc(O)c(C)c1-n1c(N)c(C(N)=O)cc(-c2ccc(F)cc2)c1=O.[HH]. The van der Waals surface area contributed by atoms with Crippen LogP contribution in [0, 0.1) is 19.7 Å². The summed E-state index contributed by atoms with van der Waals surface area (Å²) in [6.07, 6.45) is 0. The number of nitrogen functional groups attached to an aromatic ring is 1. The number of anilines is 1. The molecule has 140 valence electrons. The normalized spacial score (nSPS) is 10.8. The molecule has 0 aliphatic rings. The van der Waals surface area contributed by atoms with E-state index in [4.69, 9.17) is 11.5 Å². The van der Waals surface area contributed by atoms with Crippen LogP contribution < -0.4 is 17.0 Å². The van der Waals surface area contributed by atoms with Crippen LogP contribution in [-0.2, 0) is 0 Å². The van der Waals surface area contributed by atoms with E-state index in [0.717, 1.165) is 4.57 Å². The second-order valence-electron chi connectivity index (χ2n) is 6.24. The first-order valence-corrected chi connectivity index (χ1v) is 8.13. The van der Waals surface area contributed by atoms with Gasteiger partial charge in [-0.3, -0.25) is 14.2 Å². The molecule has 2 aromatic carbocycles. The van der Waals surface area contributed by atoms with Gasteiger partial charge in [0.1, 0.15) is 17.4 Å². The molecule has 0 bridgehead atoms. The van der Waals surface area contributed by atoms with E-state index in [2.05, 4.69) is 0 Å². The molecule has 1 heterocycles. The number of pyridine rings is 1. The van der Waals surface area contributed by atoms with Gasteiger partial charge >= 0.3 is 0 Å². The van der Waals surface area contributed by atoms with Crippen LogP contribution in [-0.4, -0.2) is 15.6 Å². The highest BCUT2D eigenvalue weighted by Gasteiger charge is 2.21. The fourth-order valence-corrected chi connectivity index (χ4v) is 3.05. The zero-order chi connectivity index (χ0) is 19.9. The average molecular weight is 369 g/mol. The number of carbonyl (C=O) groups excluding carboxylic acids is 1. The predicted molar refractivity (Wildman–Crippen MR) is 104 cm³/mol. The molecule has 6 nitrogen and oxygen atoms in total. The summed E-state index contributed by atoms with van der Waals surface area (Å²) in [7, 11) is 0. The van der Waals surface area contributed by atoms with Crippen LogP contribution in [0.2, 0.25) is 0 Å². The number of primary amides is 1. The molecule has 0 saturated heterocycles. The Labute approximate surface area is 156 Å². The van der Waals surface area contributed by atoms with Gasteiger partial charge in [-0.1, -0.05) is 18.2 Å². The zero-order valence-corrected chi connectivity index (χ0v) is 14.8. The number of amides is 1. The quantitative estimate of drug-likeness (QED) is 0.659. The maximum absolute atomic E-state index is 13.3. The fraction of sp³-hybridized carbons (Fsp3) is 0.100. The highest BCUT2D eigenvalue weighted by molar-refractivity contribution is 5.98. The Morgan fingerprint density at radius 1 is 1.15 bits per heavy atom. The van der Waals surface area contributed by atoms with Crippen LogP contribution >= 0.6 is 0 Å². The van der Waals surface area contributed by atoms with Crippen LogP contribution in [0.25, 0.3) is 16.8 Å². The predicted octanol–water partition coefficient (Wildman–Crippen LogP) is 2.89. The molecular weight excluding hydrogens is 349 g/mol. The number of aromatic hydroxyl groups is 1. The van der Waals surface area contributed by atoms with E-state index in [0.29, 0.717) is 22.4 Å². The Kier molecular flexibility index (Phi) is 4.45. The van der Waals surface area contributed by atoms with E-state index in [-0.39, 0.29) is 24.1 Å². The zero-order valence-electron chi connectivity index (χ0n) is 14.8. The average Bonchev–Trinajstić information content (AvgIpc) is 2.62. The van der Waals surface area contributed by atoms with Gasteiger partial charge in [0, 0.05) is 12.6 Å². The first kappa shape index (κ1) is 18.2. The van der Waals surface area contributed by atoms with Crippen LogP contribution in [0.1, 0.15) is 22.9 Å². The van der Waals surface area contributed by atoms with Crippen molar-refractivity contribution < 1.29 is 15.7 Å². The summed E-state index contributed by atoms with van der Waals surface area (Å²) in [6.45, 7) is 3.39. The van der Waals surface area contributed by atoms with E-state index >= 15 is 0 Å². The second kappa shape index (κ2) is 6.60. The molecule has 0 atom stereocenters. The minimum atomic E-state index is -0.805. The highest BCUT2D eigenvalue weighted by atomic mass is 19.1. The number of aromatic nitrogens is 1. The summed E-state index contributed by atoms with van der Waals surface area (Å²) in [5.74, 6) is -1.41. The number of benzene rings is 2. The lowest BCUT2D eigenvalue weighted by Crippen LogP contribution is -2.28. The van der Waals surface area contributed by atoms with Crippen molar-refractivity contribution in [2.45, 2.75) is 13.8 Å². The number of aryl methyl sites for hydroxylation is 1. The first-order valence-electron chi connectivity index (χ1n) is 8.13. The Bertz CT molecular complexity index is 1130. The van der Waals surface area contributed by atoms with Crippen molar-refractivity contribution in [3.05, 3.63) is 75.3 Å². The van der Waals surface area contributed by atoms with Crippen molar-refractivity contribution in [1.29, 1.82) is 0 Å². The van der Waals surface area contributed by atoms with Gasteiger partial charge in [-0.15, -0.1) is 0 Å². The summed E-state index contributed by atoms with van der Waals surface area (Å²) < 4.78 is 14.4. The molecule has 3 rings (SSSR count). The van der Waals surface area contributed by atoms with Crippen molar-refractivity contribution in [1.82, 2.24) is 4.57 Å². The number of rotatable bonds is 3. The Morgan fingerprint density at radius 3 is 2.37 bits per heavy atom. The van der Waals surface area contributed by atoms with E-state index < -0.39 is 17.3 Å². The summed E-state index contributed by atoms with van der Waals surface area (Å²) in [4.78, 5) is 25.1. The van der Waals surface area contributed by atoms with Gasteiger partial charge in [0.2, 0.25) is 0 Å². The van der Waals surface area contributed by atoms with Crippen LogP contribution in [0.5, 0.6) is 5.75 Å². The van der Waals surface area contributed by atoms with Gasteiger partial charge in [-0.2, -0.15) is 0 Å². The fourth-order valence-electron chi connectivity index (χ4n) is 3.05. The van der Waals surface area contributed by atoms with Gasteiger partial charge < -0.3 is 16.6 Å². The molecule has 0 radical (unpaired) electrons. The third-order valence-electron chi connectivity index (χ3n) is 4.49. The number of hydrogen-bond donors (Lipinski definition) is 3. The van der Waals surface area contributed by atoms with E-state index in [9.17, 15) is 19.1 Å². The summed E-state index contributed by atoms with van der Waals surface area (Å²) in [5.41, 5.74) is 13.0. The van der Waals surface area contributed by atoms with E-state index in [1.165, 1.54) is 36.4 Å². The molecule has 0 saturated carbocycles. The molecule has 0 aliphatic carbocycles. The van der Waals surface area contributed by atoms with Crippen molar-refractivity contribution in [3.8, 4) is 22.6 Å². The van der Waals surface area contributed by atoms with Gasteiger partial charge in [-0.05, 0) is 49.2 Å². The number of halogens is 1. The monoisotopic (exact) mass is 369 g/mol. The number of hydrogen-bond acceptors (Lipinski definition) is 4. The maximum Gasteiger partial charge on any atom is 0.264 e. The largest absolute Gasteiger partial charge is 0.508 e. The lowest BCUT2D eigenvalue weighted by Gasteiger charge is -2.19. The second-order valence-corrected chi connectivity index (χ2v) is 6.24. The summed E-state index contributed by atoms with van der Waals surface area (Å²) in [6, 6.07) is 9.73. The third-order valence-corrected chi connectivity index (χ3v) is 4.49. The Balaban J connectivity index is 0.00000280. The highest BCUT2D eigenvalue weighted by Crippen LogP contribution is 2.30. The van der Waals surface area contributed by atoms with Gasteiger partial charge in [-0.25, -0.2) is 4.39 Å². The molecule has 1 aromatic heterocycles.